The lowest BCUT2D eigenvalue weighted by atomic mass is 9.97. The number of aliphatic hydroxyl groups excluding tert-OH is 1. The minimum Gasteiger partial charge on any atom is -0.497 e. The monoisotopic (exact) mass is 240 g/mol. The van der Waals surface area contributed by atoms with Crippen molar-refractivity contribution >= 4 is 0 Å². The molecule has 4 nitrogen and oxygen atoms in total. The Labute approximate surface area is 102 Å². The summed E-state index contributed by atoms with van der Waals surface area (Å²) < 4.78 is 15.4. The summed E-state index contributed by atoms with van der Waals surface area (Å²) in [4.78, 5) is 0. The Bertz CT molecular complexity index is 351. The molecule has 1 rings (SSSR count). The minimum atomic E-state index is -0.639. The lowest BCUT2D eigenvalue weighted by molar-refractivity contribution is 0.0550. The number of benzene rings is 1. The zero-order valence-electron chi connectivity index (χ0n) is 10.8. The van der Waals surface area contributed by atoms with Gasteiger partial charge in [-0.05, 0) is 18.2 Å². The number of methoxy groups -OCH3 is 3. The molecule has 0 aliphatic heterocycles. The molecule has 96 valence electrons. The van der Waals surface area contributed by atoms with E-state index in [-0.39, 0.29) is 5.92 Å². The number of aliphatic hydroxyl groups is 1. The van der Waals surface area contributed by atoms with Gasteiger partial charge in [0.25, 0.3) is 0 Å². The molecule has 1 N–H and O–H groups in total. The number of hydrogen-bond donors (Lipinski definition) is 1. The predicted octanol–water partition coefficient (Wildman–Crippen LogP) is 2.02. The van der Waals surface area contributed by atoms with E-state index in [1.54, 1.807) is 39.5 Å². The van der Waals surface area contributed by atoms with E-state index in [2.05, 4.69) is 0 Å². The van der Waals surface area contributed by atoms with Crippen LogP contribution in [-0.4, -0.2) is 33.0 Å². The molecule has 2 unspecified atom stereocenters. The molecule has 0 aromatic heterocycles. The maximum absolute atomic E-state index is 10.2. The summed E-state index contributed by atoms with van der Waals surface area (Å²) in [6, 6.07) is 5.38. The van der Waals surface area contributed by atoms with Crippen LogP contribution in [0.3, 0.4) is 0 Å². The van der Waals surface area contributed by atoms with Crippen molar-refractivity contribution in [3.63, 3.8) is 0 Å². The van der Waals surface area contributed by atoms with Gasteiger partial charge in [0.2, 0.25) is 0 Å². The van der Waals surface area contributed by atoms with Crippen molar-refractivity contribution in [2.24, 2.45) is 5.92 Å². The summed E-state index contributed by atoms with van der Waals surface area (Å²) in [5, 5.41) is 10.2. The van der Waals surface area contributed by atoms with Gasteiger partial charge in [-0.1, -0.05) is 6.92 Å². The van der Waals surface area contributed by atoms with Gasteiger partial charge in [0.05, 0.1) is 26.9 Å². The van der Waals surface area contributed by atoms with E-state index in [0.29, 0.717) is 18.1 Å². The Hall–Kier alpha value is -1.26. The first-order chi connectivity index (χ1) is 8.13. The van der Waals surface area contributed by atoms with Crippen LogP contribution < -0.4 is 9.47 Å². The molecule has 0 saturated carbocycles. The molecule has 0 spiro atoms. The molecule has 0 bridgehead atoms. The molecule has 0 fully saturated rings. The maximum Gasteiger partial charge on any atom is 0.124 e. The summed E-state index contributed by atoms with van der Waals surface area (Å²) in [6.45, 7) is 2.41. The second-order valence-corrected chi connectivity index (χ2v) is 3.99. The van der Waals surface area contributed by atoms with Gasteiger partial charge in [-0.15, -0.1) is 0 Å². The third-order valence-corrected chi connectivity index (χ3v) is 2.72. The normalized spacial score (nSPS) is 14.2. The summed E-state index contributed by atoms with van der Waals surface area (Å²) >= 11 is 0. The molecular weight excluding hydrogens is 220 g/mol. The third kappa shape index (κ3) is 3.35. The van der Waals surface area contributed by atoms with E-state index in [9.17, 15) is 5.11 Å². The van der Waals surface area contributed by atoms with E-state index in [4.69, 9.17) is 14.2 Å². The molecule has 0 amide bonds. The Morgan fingerprint density at radius 3 is 2.41 bits per heavy atom. The van der Waals surface area contributed by atoms with Crippen LogP contribution in [0.15, 0.2) is 18.2 Å². The molecule has 17 heavy (non-hydrogen) atoms. The highest BCUT2D eigenvalue weighted by molar-refractivity contribution is 5.41. The fraction of sp³-hybridized carbons (Fsp3) is 0.538. The van der Waals surface area contributed by atoms with Crippen LogP contribution in [-0.2, 0) is 4.74 Å². The first-order valence-corrected chi connectivity index (χ1v) is 5.53. The van der Waals surface area contributed by atoms with Gasteiger partial charge in [0, 0.05) is 18.6 Å². The van der Waals surface area contributed by atoms with Crippen molar-refractivity contribution in [3.8, 4) is 11.5 Å². The highest BCUT2D eigenvalue weighted by Gasteiger charge is 2.20. The number of rotatable bonds is 6. The lowest BCUT2D eigenvalue weighted by Crippen LogP contribution is -2.15. The zero-order chi connectivity index (χ0) is 12.8. The topological polar surface area (TPSA) is 47.9 Å². The van der Waals surface area contributed by atoms with Crippen molar-refractivity contribution in [1.29, 1.82) is 0 Å². The molecule has 0 heterocycles. The lowest BCUT2D eigenvalue weighted by Gasteiger charge is -2.21. The quantitative estimate of drug-likeness (QED) is 0.826. The summed E-state index contributed by atoms with van der Waals surface area (Å²) in [5.41, 5.74) is 0.719. The number of ether oxygens (including phenoxy) is 3. The Balaban J connectivity index is 3.00. The van der Waals surface area contributed by atoms with Crippen LogP contribution in [0.4, 0.5) is 0 Å². The average molecular weight is 240 g/mol. The van der Waals surface area contributed by atoms with Crippen LogP contribution in [0.1, 0.15) is 18.6 Å². The van der Waals surface area contributed by atoms with Crippen LogP contribution in [0, 0.1) is 5.92 Å². The Morgan fingerprint density at radius 1 is 1.18 bits per heavy atom. The molecule has 4 heteroatoms. The van der Waals surface area contributed by atoms with E-state index in [0.717, 1.165) is 5.56 Å². The second kappa shape index (κ2) is 6.47. The van der Waals surface area contributed by atoms with E-state index >= 15 is 0 Å². The molecule has 1 aromatic carbocycles. The average Bonchev–Trinajstić information content (AvgIpc) is 2.37. The van der Waals surface area contributed by atoms with Gasteiger partial charge in [-0.3, -0.25) is 0 Å². The van der Waals surface area contributed by atoms with Gasteiger partial charge in [-0.2, -0.15) is 0 Å². The summed E-state index contributed by atoms with van der Waals surface area (Å²) in [7, 11) is 4.79. The van der Waals surface area contributed by atoms with Crippen molar-refractivity contribution in [3.05, 3.63) is 23.8 Å². The molecule has 0 radical (unpaired) electrons. The van der Waals surface area contributed by atoms with Gasteiger partial charge in [0.15, 0.2) is 0 Å². The molecule has 0 aliphatic carbocycles. The Kier molecular flexibility index (Phi) is 5.25. The first-order valence-electron chi connectivity index (χ1n) is 5.53. The SMILES string of the molecule is COCC(C)C(O)c1cc(OC)ccc1OC. The third-order valence-electron chi connectivity index (χ3n) is 2.72. The molecule has 0 aliphatic rings. The van der Waals surface area contributed by atoms with Crippen molar-refractivity contribution in [1.82, 2.24) is 0 Å². The highest BCUT2D eigenvalue weighted by atomic mass is 16.5. The highest BCUT2D eigenvalue weighted by Crippen LogP contribution is 2.33. The molecule has 0 saturated heterocycles. The van der Waals surface area contributed by atoms with Gasteiger partial charge in [-0.25, -0.2) is 0 Å². The van der Waals surface area contributed by atoms with E-state index in [1.165, 1.54) is 0 Å². The van der Waals surface area contributed by atoms with E-state index < -0.39 is 6.10 Å². The second-order valence-electron chi connectivity index (χ2n) is 3.99. The fourth-order valence-corrected chi connectivity index (χ4v) is 1.73. The predicted molar refractivity (Wildman–Crippen MR) is 65.5 cm³/mol. The van der Waals surface area contributed by atoms with Crippen LogP contribution >= 0.6 is 0 Å². The Morgan fingerprint density at radius 2 is 1.88 bits per heavy atom. The smallest absolute Gasteiger partial charge is 0.124 e. The van der Waals surface area contributed by atoms with Crippen molar-refractivity contribution in [2.45, 2.75) is 13.0 Å². The standard InChI is InChI=1S/C13H20O4/c1-9(8-15-2)13(14)11-7-10(16-3)5-6-12(11)17-4/h5-7,9,13-14H,8H2,1-4H3. The molecule has 2 atom stereocenters. The maximum atomic E-state index is 10.2. The first kappa shape index (κ1) is 13.8. The number of hydrogen-bond acceptors (Lipinski definition) is 4. The summed E-state index contributed by atoms with van der Waals surface area (Å²) in [6.07, 6.45) is -0.639. The molecular formula is C13H20O4. The van der Waals surface area contributed by atoms with Gasteiger partial charge < -0.3 is 19.3 Å². The van der Waals surface area contributed by atoms with E-state index in [1.807, 2.05) is 6.92 Å². The zero-order valence-corrected chi connectivity index (χ0v) is 10.8. The molecule has 1 aromatic rings. The van der Waals surface area contributed by atoms with Gasteiger partial charge >= 0.3 is 0 Å². The van der Waals surface area contributed by atoms with Crippen molar-refractivity contribution in [2.75, 3.05) is 27.9 Å². The fourth-order valence-electron chi connectivity index (χ4n) is 1.73. The summed E-state index contributed by atoms with van der Waals surface area (Å²) in [5.74, 6) is 1.34. The van der Waals surface area contributed by atoms with Crippen LogP contribution in [0.25, 0.3) is 0 Å². The van der Waals surface area contributed by atoms with Crippen LogP contribution in [0.5, 0.6) is 11.5 Å². The van der Waals surface area contributed by atoms with Crippen LogP contribution in [0.2, 0.25) is 0 Å². The minimum absolute atomic E-state index is 0.0130. The van der Waals surface area contributed by atoms with Gasteiger partial charge in [0.1, 0.15) is 11.5 Å². The largest absolute Gasteiger partial charge is 0.497 e. The van der Waals surface area contributed by atoms with Crippen molar-refractivity contribution < 1.29 is 19.3 Å².